The molecule has 15 heavy (non-hydrogen) atoms. The average Bonchev–Trinajstić information content (AvgIpc) is 2.64. The molecule has 1 saturated carbocycles. The number of hydrogen-bond donors (Lipinski definition) is 3. The van der Waals surface area contributed by atoms with Crippen LogP contribution in [0, 0.1) is 5.92 Å². The van der Waals surface area contributed by atoms with E-state index in [1.807, 2.05) is 0 Å². The van der Waals surface area contributed by atoms with Crippen LogP contribution in [-0.2, 0) is 4.79 Å². The second kappa shape index (κ2) is 6.80. The van der Waals surface area contributed by atoms with Gasteiger partial charge in [0.2, 0.25) is 5.91 Å². The first kappa shape index (κ1) is 12.5. The summed E-state index contributed by atoms with van der Waals surface area (Å²) in [5.74, 6) is 0.296. The van der Waals surface area contributed by atoms with Gasteiger partial charge in [0, 0.05) is 25.1 Å². The molecular weight excluding hydrogens is 192 g/mol. The molecule has 0 radical (unpaired) electrons. The number of nitrogens with two attached hydrogens (primary N) is 1. The van der Waals surface area contributed by atoms with E-state index >= 15 is 0 Å². The van der Waals surface area contributed by atoms with Crippen molar-refractivity contribution in [2.24, 2.45) is 11.7 Å². The van der Waals surface area contributed by atoms with Gasteiger partial charge in [-0.25, -0.2) is 0 Å². The Morgan fingerprint density at radius 1 is 1.33 bits per heavy atom. The van der Waals surface area contributed by atoms with Crippen LogP contribution in [0.1, 0.15) is 38.5 Å². The summed E-state index contributed by atoms with van der Waals surface area (Å²) in [6, 6.07) is 0.218. The Balaban J connectivity index is 2.03. The highest BCUT2D eigenvalue weighted by Gasteiger charge is 2.27. The van der Waals surface area contributed by atoms with Crippen LogP contribution < -0.4 is 11.1 Å². The van der Waals surface area contributed by atoms with E-state index in [9.17, 15) is 4.79 Å². The predicted octanol–water partition coefficient (Wildman–Crippen LogP) is 0.393. The van der Waals surface area contributed by atoms with Crippen LogP contribution >= 0.6 is 0 Å². The topological polar surface area (TPSA) is 75.4 Å². The lowest BCUT2D eigenvalue weighted by Crippen LogP contribution is -2.31. The minimum Gasteiger partial charge on any atom is -0.396 e. The third-order valence-electron chi connectivity index (χ3n) is 2.98. The molecule has 1 fully saturated rings. The van der Waals surface area contributed by atoms with Gasteiger partial charge < -0.3 is 16.2 Å². The molecule has 88 valence electrons. The van der Waals surface area contributed by atoms with Crippen molar-refractivity contribution in [3.05, 3.63) is 0 Å². The van der Waals surface area contributed by atoms with Crippen molar-refractivity contribution in [3.63, 3.8) is 0 Å². The SMILES string of the molecule is NC1CCC(C(=O)NCCCCCO)C1. The highest BCUT2D eigenvalue weighted by atomic mass is 16.2. The lowest BCUT2D eigenvalue weighted by molar-refractivity contribution is -0.124. The number of hydrogen-bond acceptors (Lipinski definition) is 3. The van der Waals surface area contributed by atoms with Crippen LogP contribution in [0.2, 0.25) is 0 Å². The number of carbonyl (C=O) groups is 1. The third-order valence-corrected chi connectivity index (χ3v) is 2.98. The van der Waals surface area contributed by atoms with Gasteiger partial charge >= 0.3 is 0 Å². The first-order chi connectivity index (χ1) is 7.24. The van der Waals surface area contributed by atoms with Crippen molar-refractivity contribution in [3.8, 4) is 0 Å². The normalized spacial score (nSPS) is 25.5. The van der Waals surface area contributed by atoms with Gasteiger partial charge in [-0.15, -0.1) is 0 Å². The first-order valence-electron chi connectivity index (χ1n) is 5.88. The molecule has 2 unspecified atom stereocenters. The lowest BCUT2D eigenvalue weighted by atomic mass is 10.1. The maximum atomic E-state index is 11.6. The Kier molecular flexibility index (Phi) is 5.65. The van der Waals surface area contributed by atoms with Crippen molar-refractivity contribution < 1.29 is 9.90 Å². The molecule has 0 aliphatic heterocycles. The quantitative estimate of drug-likeness (QED) is 0.560. The summed E-state index contributed by atoms with van der Waals surface area (Å²) in [6.07, 6.45) is 5.49. The van der Waals surface area contributed by atoms with E-state index in [-0.39, 0.29) is 24.5 Å². The van der Waals surface area contributed by atoms with Crippen molar-refractivity contribution in [2.75, 3.05) is 13.2 Å². The largest absolute Gasteiger partial charge is 0.396 e. The van der Waals surface area contributed by atoms with Gasteiger partial charge in [-0.1, -0.05) is 0 Å². The molecule has 1 aliphatic carbocycles. The highest BCUT2D eigenvalue weighted by Crippen LogP contribution is 2.23. The van der Waals surface area contributed by atoms with E-state index < -0.39 is 0 Å². The van der Waals surface area contributed by atoms with Crippen LogP contribution in [0.3, 0.4) is 0 Å². The predicted molar refractivity (Wildman–Crippen MR) is 59.3 cm³/mol. The molecule has 0 saturated heterocycles. The Morgan fingerprint density at radius 2 is 2.13 bits per heavy atom. The Bertz CT molecular complexity index is 197. The molecule has 1 aliphatic rings. The van der Waals surface area contributed by atoms with Gasteiger partial charge in [0.05, 0.1) is 0 Å². The van der Waals surface area contributed by atoms with Crippen molar-refractivity contribution >= 4 is 5.91 Å². The van der Waals surface area contributed by atoms with Gasteiger partial charge in [0.25, 0.3) is 0 Å². The van der Waals surface area contributed by atoms with Crippen LogP contribution in [0.4, 0.5) is 0 Å². The van der Waals surface area contributed by atoms with E-state index in [4.69, 9.17) is 10.8 Å². The van der Waals surface area contributed by atoms with E-state index in [2.05, 4.69) is 5.32 Å². The zero-order valence-electron chi connectivity index (χ0n) is 9.24. The highest BCUT2D eigenvalue weighted by molar-refractivity contribution is 5.78. The number of aliphatic hydroxyl groups excluding tert-OH is 1. The molecular formula is C11H22N2O2. The number of amides is 1. The van der Waals surface area contributed by atoms with E-state index in [1.54, 1.807) is 0 Å². The molecule has 4 nitrogen and oxygen atoms in total. The van der Waals surface area contributed by atoms with E-state index in [0.29, 0.717) is 0 Å². The molecule has 0 aromatic rings. The van der Waals surface area contributed by atoms with E-state index in [1.165, 1.54) is 0 Å². The number of carbonyl (C=O) groups excluding carboxylic acids is 1. The average molecular weight is 214 g/mol. The summed E-state index contributed by atoms with van der Waals surface area (Å²) in [7, 11) is 0. The summed E-state index contributed by atoms with van der Waals surface area (Å²) >= 11 is 0. The Labute approximate surface area is 91.2 Å². The Morgan fingerprint density at radius 3 is 2.73 bits per heavy atom. The zero-order chi connectivity index (χ0) is 11.1. The van der Waals surface area contributed by atoms with Crippen LogP contribution in [0.25, 0.3) is 0 Å². The van der Waals surface area contributed by atoms with Crippen molar-refractivity contribution in [1.82, 2.24) is 5.32 Å². The number of aliphatic hydroxyl groups is 1. The molecule has 4 N–H and O–H groups in total. The smallest absolute Gasteiger partial charge is 0.223 e. The fourth-order valence-electron chi connectivity index (χ4n) is 2.02. The van der Waals surface area contributed by atoms with Gasteiger partial charge in [0.1, 0.15) is 0 Å². The molecule has 0 aromatic heterocycles. The maximum Gasteiger partial charge on any atom is 0.223 e. The summed E-state index contributed by atoms with van der Waals surface area (Å²) in [4.78, 5) is 11.6. The minimum absolute atomic E-state index is 0.137. The Hall–Kier alpha value is -0.610. The summed E-state index contributed by atoms with van der Waals surface area (Å²) in [6.45, 7) is 0.968. The van der Waals surface area contributed by atoms with Gasteiger partial charge in [-0.2, -0.15) is 0 Å². The molecule has 2 atom stereocenters. The van der Waals surface area contributed by atoms with Crippen molar-refractivity contribution in [1.29, 1.82) is 0 Å². The van der Waals surface area contributed by atoms with Crippen LogP contribution in [0.15, 0.2) is 0 Å². The lowest BCUT2D eigenvalue weighted by Gasteiger charge is -2.10. The zero-order valence-corrected chi connectivity index (χ0v) is 9.24. The fourth-order valence-corrected chi connectivity index (χ4v) is 2.02. The maximum absolute atomic E-state index is 11.6. The van der Waals surface area contributed by atoms with Gasteiger partial charge in [-0.3, -0.25) is 4.79 Å². The minimum atomic E-state index is 0.137. The summed E-state index contributed by atoms with van der Waals surface area (Å²) < 4.78 is 0. The summed E-state index contributed by atoms with van der Waals surface area (Å²) in [5.41, 5.74) is 5.75. The molecule has 0 heterocycles. The van der Waals surface area contributed by atoms with Gasteiger partial charge in [0.15, 0.2) is 0 Å². The summed E-state index contributed by atoms with van der Waals surface area (Å²) in [5, 5.41) is 11.5. The second-order valence-electron chi connectivity index (χ2n) is 4.35. The molecule has 1 amide bonds. The molecule has 0 aromatic carbocycles. The van der Waals surface area contributed by atoms with Crippen molar-refractivity contribution in [2.45, 2.75) is 44.6 Å². The standard InChI is InChI=1S/C11H22N2O2/c12-10-5-4-9(8-10)11(15)13-6-2-1-3-7-14/h9-10,14H,1-8,12H2,(H,13,15). The molecule has 0 bridgehead atoms. The van der Waals surface area contributed by atoms with Gasteiger partial charge in [-0.05, 0) is 38.5 Å². The second-order valence-corrected chi connectivity index (χ2v) is 4.35. The fraction of sp³-hybridized carbons (Fsp3) is 0.909. The molecule has 0 spiro atoms. The van der Waals surface area contributed by atoms with Crippen LogP contribution in [-0.4, -0.2) is 30.2 Å². The third kappa shape index (κ3) is 4.62. The number of rotatable bonds is 6. The van der Waals surface area contributed by atoms with Crippen LogP contribution in [0.5, 0.6) is 0 Å². The first-order valence-corrected chi connectivity index (χ1v) is 5.88. The number of unbranched alkanes of at least 4 members (excludes halogenated alkanes) is 2. The molecule has 4 heteroatoms. The number of nitrogens with one attached hydrogen (secondary N) is 1. The molecule has 1 rings (SSSR count). The monoisotopic (exact) mass is 214 g/mol. The van der Waals surface area contributed by atoms with E-state index in [0.717, 1.165) is 45.1 Å².